The van der Waals surface area contributed by atoms with Gasteiger partial charge >= 0.3 is 0 Å². The zero-order chi connectivity index (χ0) is 14.5. The molecule has 0 spiro atoms. The summed E-state index contributed by atoms with van der Waals surface area (Å²) in [6, 6.07) is 8.68. The van der Waals surface area contributed by atoms with Crippen LogP contribution < -0.4 is 10.6 Å². The van der Waals surface area contributed by atoms with Crippen molar-refractivity contribution in [1.82, 2.24) is 10.6 Å². The van der Waals surface area contributed by atoms with Gasteiger partial charge in [0, 0.05) is 31.2 Å². The first-order valence-corrected chi connectivity index (χ1v) is 7.81. The van der Waals surface area contributed by atoms with Gasteiger partial charge in [-0.05, 0) is 25.0 Å². The smallest absolute Gasteiger partial charge is 0.0765 e. The zero-order valence-corrected chi connectivity index (χ0v) is 12.6. The van der Waals surface area contributed by atoms with Crippen LogP contribution in [0.4, 0.5) is 0 Å². The van der Waals surface area contributed by atoms with E-state index < -0.39 is 0 Å². The molecule has 21 heavy (non-hydrogen) atoms. The molecule has 2 atom stereocenters. The number of benzene rings is 1. The highest BCUT2D eigenvalue weighted by Gasteiger charge is 2.23. The molecule has 0 radical (unpaired) electrons. The van der Waals surface area contributed by atoms with E-state index in [4.69, 9.17) is 4.74 Å². The lowest BCUT2D eigenvalue weighted by Gasteiger charge is -2.30. The maximum atomic E-state index is 5.83. The maximum absolute atomic E-state index is 5.83. The number of rotatable bonds is 4. The van der Waals surface area contributed by atoms with E-state index >= 15 is 0 Å². The third kappa shape index (κ3) is 3.96. The third-order valence-corrected chi connectivity index (χ3v) is 4.18. The van der Waals surface area contributed by atoms with E-state index in [1.165, 1.54) is 16.8 Å². The van der Waals surface area contributed by atoms with Gasteiger partial charge in [-0.15, -0.1) is 0 Å². The number of allylic oxidation sites excluding steroid dienone is 2. The van der Waals surface area contributed by atoms with Crippen molar-refractivity contribution in [3.05, 3.63) is 59.3 Å². The molecule has 0 aromatic heterocycles. The predicted molar refractivity (Wildman–Crippen MR) is 86.0 cm³/mol. The molecule has 1 unspecified atom stereocenters. The topological polar surface area (TPSA) is 33.3 Å². The van der Waals surface area contributed by atoms with E-state index in [2.05, 4.69) is 60.1 Å². The molecule has 1 aliphatic carbocycles. The van der Waals surface area contributed by atoms with Crippen molar-refractivity contribution >= 4 is 0 Å². The summed E-state index contributed by atoms with van der Waals surface area (Å²) in [7, 11) is 0. The summed E-state index contributed by atoms with van der Waals surface area (Å²) in [5.74, 6) is 0.503. The minimum atomic E-state index is 0.324. The molecule has 1 aromatic rings. The first kappa shape index (κ1) is 14.4. The zero-order valence-electron chi connectivity index (χ0n) is 12.6. The summed E-state index contributed by atoms with van der Waals surface area (Å²) in [5, 5.41) is 6.90. The Bertz CT molecular complexity index is 513. The fourth-order valence-corrected chi connectivity index (χ4v) is 2.81. The summed E-state index contributed by atoms with van der Waals surface area (Å²) >= 11 is 0. The van der Waals surface area contributed by atoms with Crippen LogP contribution in [0.5, 0.6) is 0 Å². The largest absolute Gasteiger partial charge is 0.381 e. The molecule has 1 aliphatic heterocycles. The summed E-state index contributed by atoms with van der Waals surface area (Å²) in [6.07, 6.45) is 8.15. The Kier molecular flexibility index (Phi) is 4.73. The molecule has 112 valence electrons. The number of hydrogen-bond acceptors (Lipinski definition) is 3. The van der Waals surface area contributed by atoms with Crippen molar-refractivity contribution in [3.63, 3.8) is 0 Å². The first-order valence-electron chi connectivity index (χ1n) is 7.81. The fourth-order valence-electron chi connectivity index (χ4n) is 2.81. The molecule has 0 bridgehead atoms. The van der Waals surface area contributed by atoms with Crippen LogP contribution in [-0.4, -0.2) is 25.8 Å². The monoisotopic (exact) mass is 284 g/mol. The van der Waals surface area contributed by atoms with Crippen LogP contribution in [0.15, 0.2) is 48.2 Å². The molecule has 0 amide bonds. The van der Waals surface area contributed by atoms with Gasteiger partial charge in [-0.1, -0.05) is 42.0 Å². The second-order valence-electron chi connectivity index (χ2n) is 5.87. The molecule has 3 rings (SSSR count). The number of morpholine rings is 1. The average molecular weight is 284 g/mol. The Labute approximate surface area is 127 Å². The average Bonchev–Trinajstić information content (AvgIpc) is 2.56. The van der Waals surface area contributed by atoms with Crippen LogP contribution in [0, 0.1) is 12.8 Å². The number of hydrogen-bond donors (Lipinski definition) is 2. The molecule has 1 fully saturated rings. The van der Waals surface area contributed by atoms with Gasteiger partial charge in [0.25, 0.3) is 0 Å². The first-order chi connectivity index (χ1) is 10.3. The minimum Gasteiger partial charge on any atom is -0.381 e. The SMILES string of the molecule is Cc1ccc(CNC2=CCC([C@H]3CNCCO3)C=C2)cc1. The van der Waals surface area contributed by atoms with Gasteiger partial charge in [0.1, 0.15) is 0 Å². The number of nitrogens with one attached hydrogen (secondary N) is 2. The van der Waals surface area contributed by atoms with Crippen LogP contribution in [0.2, 0.25) is 0 Å². The lowest BCUT2D eigenvalue weighted by atomic mass is 9.93. The Balaban J connectivity index is 1.48. The van der Waals surface area contributed by atoms with E-state index in [1.54, 1.807) is 0 Å². The normalized spacial score (nSPS) is 25.5. The molecule has 2 aliphatic rings. The highest BCUT2D eigenvalue weighted by molar-refractivity contribution is 5.26. The molecule has 3 nitrogen and oxygen atoms in total. The van der Waals surface area contributed by atoms with Gasteiger partial charge in [-0.25, -0.2) is 0 Å². The lowest BCUT2D eigenvalue weighted by molar-refractivity contribution is 0.00350. The second-order valence-corrected chi connectivity index (χ2v) is 5.87. The molecule has 2 N–H and O–H groups in total. The third-order valence-electron chi connectivity index (χ3n) is 4.18. The Morgan fingerprint density at radius 2 is 2.14 bits per heavy atom. The summed E-state index contributed by atoms with van der Waals surface area (Å²) in [5.41, 5.74) is 3.84. The van der Waals surface area contributed by atoms with Crippen molar-refractivity contribution in [2.45, 2.75) is 26.0 Å². The van der Waals surface area contributed by atoms with Gasteiger partial charge in [-0.2, -0.15) is 0 Å². The van der Waals surface area contributed by atoms with Crippen molar-refractivity contribution in [2.24, 2.45) is 5.92 Å². The Morgan fingerprint density at radius 3 is 2.81 bits per heavy atom. The van der Waals surface area contributed by atoms with E-state index in [9.17, 15) is 0 Å². The summed E-state index contributed by atoms with van der Waals surface area (Å²) < 4.78 is 5.83. The number of aryl methyl sites for hydroxylation is 1. The highest BCUT2D eigenvalue weighted by Crippen LogP contribution is 2.21. The van der Waals surface area contributed by atoms with Crippen LogP contribution in [-0.2, 0) is 11.3 Å². The van der Waals surface area contributed by atoms with Gasteiger partial charge in [0.15, 0.2) is 0 Å². The second kappa shape index (κ2) is 6.92. The van der Waals surface area contributed by atoms with Crippen molar-refractivity contribution in [2.75, 3.05) is 19.7 Å². The predicted octanol–water partition coefficient (Wildman–Crippen LogP) is 2.53. The quantitative estimate of drug-likeness (QED) is 0.891. The minimum absolute atomic E-state index is 0.324. The van der Waals surface area contributed by atoms with Crippen molar-refractivity contribution < 1.29 is 4.74 Å². The van der Waals surface area contributed by atoms with Crippen LogP contribution in [0.25, 0.3) is 0 Å². The highest BCUT2D eigenvalue weighted by atomic mass is 16.5. The maximum Gasteiger partial charge on any atom is 0.0765 e. The standard InChI is InChI=1S/C18H24N2O/c1-14-2-4-15(5-3-14)12-20-17-8-6-16(7-9-17)18-13-19-10-11-21-18/h2-6,8-9,16,18-20H,7,10-13H2,1H3/t16?,18-/m1/s1. The Hall–Kier alpha value is -1.58. The Morgan fingerprint density at radius 1 is 1.29 bits per heavy atom. The lowest BCUT2D eigenvalue weighted by Crippen LogP contribution is -2.42. The molecule has 1 saturated heterocycles. The van der Waals surface area contributed by atoms with Crippen LogP contribution >= 0.6 is 0 Å². The fraction of sp³-hybridized carbons (Fsp3) is 0.444. The van der Waals surface area contributed by atoms with Crippen molar-refractivity contribution in [3.8, 4) is 0 Å². The molecule has 1 aromatic carbocycles. The van der Waals surface area contributed by atoms with E-state index in [0.29, 0.717) is 12.0 Å². The summed E-state index contributed by atoms with van der Waals surface area (Å²) in [6.45, 7) is 5.77. The molecular weight excluding hydrogens is 260 g/mol. The van der Waals surface area contributed by atoms with Gasteiger partial charge in [-0.3, -0.25) is 0 Å². The van der Waals surface area contributed by atoms with Gasteiger partial charge in [0.05, 0.1) is 12.7 Å². The molecule has 0 saturated carbocycles. The van der Waals surface area contributed by atoms with Crippen LogP contribution in [0.1, 0.15) is 17.5 Å². The molecule has 3 heteroatoms. The van der Waals surface area contributed by atoms with Gasteiger partial charge in [0.2, 0.25) is 0 Å². The van der Waals surface area contributed by atoms with Gasteiger partial charge < -0.3 is 15.4 Å². The van der Waals surface area contributed by atoms with E-state index in [1.807, 2.05) is 0 Å². The van der Waals surface area contributed by atoms with Crippen molar-refractivity contribution in [1.29, 1.82) is 0 Å². The van der Waals surface area contributed by atoms with Crippen LogP contribution in [0.3, 0.4) is 0 Å². The molecule has 1 heterocycles. The summed E-state index contributed by atoms with van der Waals surface area (Å²) in [4.78, 5) is 0. The number of ether oxygens (including phenoxy) is 1. The van der Waals surface area contributed by atoms with E-state index in [0.717, 1.165) is 32.7 Å². The molecular formula is C18H24N2O. The van der Waals surface area contributed by atoms with E-state index in [-0.39, 0.29) is 0 Å².